The summed E-state index contributed by atoms with van der Waals surface area (Å²) < 4.78 is 0. The van der Waals surface area contributed by atoms with Gasteiger partial charge in [0.25, 0.3) is 0 Å². The fourth-order valence-corrected chi connectivity index (χ4v) is 3.76. The molecule has 146 valence electrons. The molecule has 2 N–H and O–H groups in total. The molecule has 0 spiro atoms. The number of benzene rings is 3. The maximum Gasteiger partial charge on any atom is 0.221 e. The Morgan fingerprint density at radius 2 is 1.31 bits per heavy atom. The standard InChI is InChI=1S/C24H23N3O2/c1-16(28)25-21-10-8-19-12-20-9-11-22(26-17(2)29)14-24(20)27(23(19)13-21)15-18-6-4-3-5-7-18/h3-11,13-14H,12,15H2,1-2H3,(H,25,28)(H,26,29). The Labute approximate surface area is 170 Å². The lowest BCUT2D eigenvalue weighted by atomic mass is 9.94. The second-order valence-electron chi connectivity index (χ2n) is 7.30. The Balaban J connectivity index is 1.80. The number of fused-ring (bicyclic) bond motifs is 2. The first-order valence-corrected chi connectivity index (χ1v) is 9.62. The first-order chi connectivity index (χ1) is 14.0. The number of hydrogen-bond acceptors (Lipinski definition) is 3. The van der Waals surface area contributed by atoms with E-state index in [1.165, 1.54) is 30.5 Å². The average molecular weight is 385 g/mol. The van der Waals surface area contributed by atoms with Gasteiger partial charge in [0.1, 0.15) is 0 Å². The highest BCUT2D eigenvalue weighted by atomic mass is 16.2. The highest BCUT2D eigenvalue weighted by molar-refractivity contribution is 5.92. The molecule has 1 aliphatic rings. The van der Waals surface area contributed by atoms with Crippen LogP contribution in [0.5, 0.6) is 0 Å². The van der Waals surface area contributed by atoms with Gasteiger partial charge in [-0.1, -0.05) is 42.5 Å². The van der Waals surface area contributed by atoms with Crippen LogP contribution in [0, 0.1) is 0 Å². The maximum atomic E-state index is 11.5. The molecule has 3 aromatic rings. The van der Waals surface area contributed by atoms with Crippen molar-refractivity contribution in [2.24, 2.45) is 0 Å². The minimum absolute atomic E-state index is 0.0938. The Morgan fingerprint density at radius 1 is 0.793 bits per heavy atom. The summed E-state index contributed by atoms with van der Waals surface area (Å²) in [6.45, 7) is 3.71. The number of nitrogens with zero attached hydrogens (tertiary/aromatic N) is 1. The van der Waals surface area contributed by atoms with Gasteiger partial charge in [-0.3, -0.25) is 9.59 Å². The first kappa shape index (κ1) is 18.7. The van der Waals surface area contributed by atoms with E-state index < -0.39 is 0 Å². The lowest BCUT2D eigenvalue weighted by molar-refractivity contribution is -0.115. The number of rotatable bonds is 4. The van der Waals surface area contributed by atoms with E-state index in [1.807, 2.05) is 42.5 Å². The summed E-state index contributed by atoms with van der Waals surface area (Å²) in [5.41, 5.74) is 7.26. The Hall–Kier alpha value is -3.60. The summed E-state index contributed by atoms with van der Waals surface area (Å²) >= 11 is 0. The molecule has 0 aromatic heterocycles. The first-order valence-electron chi connectivity index (χ1n) is 9.62. The lowest BCUT2D eigenvalue weighted by Crippen LogP contribution is -2.24. The largest absolute Gasteiger partial charge is 0.336 e. The van der Waals surface area contributed by atoms with Gasteiger partial charge in [-0.25, -0.2) is 0 Å². The monoisotopic (exact) mass is 385 g/mol. The molecule has 5 nitrogen and oxygen atoms in total. The van der Waals surface area contributed by atoms with E-state index in [1.54, 1.807) is 0 Å². The van der Waals surface area contributed by atoms with E-state index >= 15 is 0 Å². The van der Waals surface area contributed by atoms with Crippen LogP contribution in [0.3, 0.4) is 0 Å². The molecule has 0 saturated heterocycles. The number of carbonyl (C=O) groups excluding carboxylic acids is 2. The molecule has 0 atom stereocenters. The van der Waals surface area contributed by atoms with Crippen molar-refractivity contribution < 1.29 is 9.59 Å². The van der Waals surface area contributed by atoms with Crippen LogP contribution in [0.25, 0.3) is 0 Å². The molecule has 1 aliphatic heterocycles. The van der Waals surface area contributed by atoms with E-state index in [9.17, 15) is 9.59 Å². The smallest absolute Gasteiger partial charge is 0.221 e. The van der Waals surface area contributed by atoms with Gasteiger partial charge < -0.3 is 15.5 Å². The molecule has 4 rings (SSSR count). The zero-order valence-electron chi connectivity index (χ0n) is 16.5. The van der Waals surface area contributed by atoms with Crippen LogP contribution in [-0.4, -0.2) is 11.8 Å². The molecule has 5 heteroatoms. The van der Waals surface area contributed by atoms with Gasteiger partial charge in [0.05, 0.1) is 0 Å². The zero-order chi connectivity index (χ0) is 20.4. The Bertz CT molecular complexity index is 1010. The summed E-state index contributed by atoms with van der Waals surface area (Å²) in [5, 5.41) is 5.76. The normalized spacial score (nSPS) is 12.0. The van der Waals surface area contributed by atoms with Crippen molar-refractivity contribution in [3.05, 3.63) is 83.4 Å². The predicted molar refractivity (Wildman–Crippen MR) is 117 cm³/mol. The molecule has 1 heterocycles. The van der Waals surface area contributed by atoms with E-state index in [2.05, 4.69) is 39.8 Å². The molecule has 0 saturated carbocycles. The van der Waals surface area contributed by atoms with E-state index in [-0.39, 0.29) is 11.8 Å². The number of hydrogen-bond donors (Lipinski definition) is 2. The van der Waals surface area contributed by atoms with Crippen LogP contribution >= 0.6 is 0 Å². The summed E-state index contributed by atoms with van der Waals surface area (Å²) in [7, 11) is 0. The number of anilines is 4. The second kappa shape index (κ2) is 7.80. The van der Waals surface area contributed by atoms with Gasteiger partial charge in [-0.2, -0.15) is 0 Å². The van der Waals surface area contributed by atoms with Crippen LogP contribution < -0.4 is 15.5 Å². The van der Waals surface area contributed by atoms with Gasteiger partial charge in [-0.05, 0) is 41.0 Å². The van der Waals surface area contributed by atoms with Gasteiger partial charge in [0, 0.05) is 49.6 Å². The summed E-state index contributed by atoms with van der Waals surface area (Å²) in [6, 6.07) is 22.3. The highest BCUT2D eigenvalue weighted by Gasteiger charge is 2.24. The zero-order valence-corrected chi connectivity index (χ0v) is 16.5. The summed E-state index contributed by atoms with van der Waals surface area (Å²) in [6.07, 6.45) is 0.802. The quantitative estimate of drug-likeness (QED) is 0.675. The van der Waals surface area contributed by atoms with Crippen LogP contribution in [0.2, 0.25) is 0 Å². The molecular weight excluding hydrogens is 362 g/mol. The van der Waals surface area contributed by atoms with Crippen molar-refractivity contribution in [1.82, 2.24) is 0 Å². The van der Waals surface area contributed by atoms with Crippen LogP contribution in [0.1, 0.15) is 30.5 Å². The predicted octanol–water partition coefficient (Wildman–Crippen LogP) is 4.85. The lowest BCUT2D eigenvalue weighted by Gasteiger charge is -2.34. The third-order valence-corrected chi connectivity index (χ3v) is 4.96. The Kier molecular flexibility index (Phi) is 5.04. The molecule has 0 radical (unpaired) electrons. The molecule has 2 amide bonds. The van der Waals surface area contributed by atoms with Gasteiger partial charge in [0.2, 0.25) is 11.8 Å². The SMILES string of the molecule is CC(=O)Nc1ccc2c(c1)N(Cc1ccccc1)c1cc(NC(C)=O)ccc1C2. The molecular formula is C24H23N3O2. The molecule has 3 aromatic carbocycles. The molecule has 0 bridgehead atoms. The summed E-state index contributed by atoms with van der Waals surface area (Å²) in [4.78, 5) is 25.3. The Morgan fingerprint density at radius 3 is 1.79 bits per heavy atom. The maximum absolute atomic E-state index is 11.5. The fraction of sp³-hybridized carbons (Fsp3) is 0.167. The molecule has 0 unspecified atom stereocenters. The van der Waals surface area contributed by atoms with Gasteiger partial charge in [0.15, 0.2) is 0 Å². The van der Waals surface area contributed by atoms with Crippen molar-refractivity contribution in [1.29, 1.82) is 0 Å². The van der Waals surface area contributed by atoms with E-state index in [0.717, 1.165) is 29.2 Å². The van der Waals surface area contributed by atoms with Crippen molar-refractivity contribution in [2.45, 2.75) is 26.8 Å². The van der Waals surface area contributed by atoms with Crippen molar-refractivity contribution in [2.75, 3.05) is 15.5 Å². The minimum Gasteiger partial charge on any atom is -0.336 e. The average Bonchev–Trinajstić information content (AvgIpc) is 2.68. The molecule has 29 heavy (non-hydrogen) atoms. The van der Waals surface area contributed by atoms with Gasteiger partial charge in [-0.15, -0.1) is 0 Å². The minimum atomic E-state index is -0.0938. The van der Waals surface area contributed by atoms with Crippen molar-refractivity contribution >= 4 is 34.6 Å². The third-order valence-electron chi connectivity index (χ3n) is 4.96. The van der Waals surface area contributed by atoms with Crippen LogP contribution in [0.4, 0.5) is 22.7 Å². The highest BCUT2D eigenvalue weighted by Crippen LogP contribution is 2.42. The van der Waals surface area contributed by atoms with Crippen LogP contribution in [0.15, 0.2) is 66.7 Å². The van der Waals surface area contributed by atoms with Crippen molar-refractivity contribution in [3.63, 3.8) is 0 Å². The van der Waals surface area contributed by atoms with Crippen LogP contribution in [-0.2, 0) is 22.6 Å². The molecule has 0 fully saturated rings. The van der Waals surface area contributed by atoms with E-state index in [0.29, 0.717) is 6.54 Å². The van der Waals surface area contributed by atoms with Gasteiger partial charge >= 0.3 is 0 Å². The molecule has 0 aliphatic carbocycles. The number of amides is 2. The number of carbonyl (C=O) groups is 2. The fourth-order valence-electron chi connectivity index (χ4n) is 3.76. The second-order valence-corrected chi connectivity index (χ2v) is 7.30. The summed E-state index contributed by atoms with van der Waals surface area (Å²) in [5.74, 6) is -0.188. The third kappa shape index (κ3) is 4.14. The van der Waals surface area contributed by atoms with E-state index in [4.69, 9.17) is 0 Å². The van der Waals surface area contributed by atoms with Crippen molar-refractivity contribution in [3.8, 4) is 0 Å². The number of nitrogens with one attached hydrogen (secondary N) is 2. The topological polar surface area (TPSA) is 61.4 Å².